The van der Waals surface area contributed by atoms with Crippen molar-refractivity contribution in [3.8, 4) is 0 Å². The number of ether oxygens (including phenoxy) is 2. The first-order chi connectivity index (χ1) is 7.40. The molecule has 0 aromatic rings. The summed E-state index contributed by atoms with van der Waals surface area (Å²) in [7, 11) is 0. The van der Waals surface area contributed by atoms with Gasteiger partial charge in [-0.15, -0.1) is 0 Å². The van der Waals surface area contributed by atoms with Crippen LogP contribution in [0.4, 0.5) is 0 Å². The van der Waals surface area contributed by atoms with Crippen molar-refractivity contribution in [3.63, 3.8) is 0 Å². The van der Waals surface area contributed by atoms with E-state index >= 15 is 0 Å². The van der Waals surface area contributed by atoms with Crippen molar-refractivity contribution in [1.29, 1.82) is 0 Å². The van der Waals surface area contributed by atoms with Crippen LogP contribution in [0.5, 0.6) is 0 Å². The Morgan fingerprint density at radius 2 is 1.93 bits per heavy atom. The quantitative estimate of drug-likeness (QED) is 0.722. The van der Waals surface area contributed by atoms with Gasteiger partial charge in [-0.3, -0.25) is 4.90 Å². The second-order valence-corrected chi connectivity index (χ2v) is 4.52. The highest BCUT2D eigenvalue weighted by Gasteiger charge is 2.25. The molecule has 0 aliphatic carbocycles. The molecular formula is C11H22N2O2. The van der Waals surface area contributed by atoms with Gasteiger partial charge >= 0.3 is 0 Å². The van der Waals surface area contributed by atoms with E-state index in [-0.39, 0.29) is 0 Å². The molecule has 2 aliphatic rings. The van der Waals surface area contributed by atoms with E-state index in [0.29, 0.717) is 12.6 Å². The lowest BCUT2D eigenvalue weighted by atomic mass is 9.98. The second-order valence-electron chi connectivity index (χ2n) is 4.52. The fraction of sp³-hybridized carbons (Fsp3) is 1.00. The van der Waals surface area contributed by atoms with Crippen molar-refractivity contribution in [2.45, 2.75) is 18.9 Å². The molecular weight excluding hydrogens is 192 g/mol. The van der Waals surface area contributed by atoms with E-state index in [4.69, 9.17) is 15.2 Å². The number of hydrogen-bond donors (Lipinski definition) is 1. The van der Waals surface area contributed by atoms with Crippen LogP contribution in [0.2, 0.25) is 0 Å². The normalized spacial score (nSPS) is 30.6. The Labute approximate surface area is 91.7 Å². The largest absolute Gasteiger partial charge is 0.381 e. The molecule has 0 amide bonds. The second kappa shape index (κ2) is 5.80. The van der Waals surface area contributed by atoms with Crippen molar-refractivity contribution in [2.75, 3.05) is 46.1 Å². The zero-order valence-electron chi connectivity index (χ0n) is 9.36. The van der Waals surface area contributed by atoms with Gasteiger partial charge in [0.05, 0.1) is 13.2 Å². The molecule has 1 atom stereocenters. The summed E-state index contributed by atoms with van der Waals surface area (Å²) in [6.07, 6.45) is 2.41. The van der Waals surface area contributed by atoms with Crippen molar-refractivity contribution in [1.82, 2.24) is 4.90 Å². The molecule has 0 bridgehead atoms. The summed E-state index contributed by atoms with van der Waals surface area (Å²) in [4.78, 5) is 2.50. The summed E-state index contributed by atoms with van der Waals surface area (Å²) in [6, 6.07) is 0.432. The van der Waals surface area contributed by atoms with Gasteiger partial charge in [0.25, 0.3) is 0 Å². The molecule has 2 heterocycles. The van der Waals surface area contributed by atoms with Crippen LogP contribution in [0.1, 0.15) is 12.8 Å². The summed E-state index contributed by atoms with van der Waals surface area (Å²) < 4.78 is 10.8. The Morgan fingerprint density at radius 3 is 2.67 bits per heavy atom. The van der Waals surface area contributed by atoms with Gasteiger partial charge in [-0.25, -0.2) is 0 Å². The maximum atomic E-state index is 5.75. The predicted molar refractivity (Wildman–Crippen MR) is 58.8 cm³/mol. The Bertz CT molecular complexity index is 183. The fourth-order valence-electron chi connectivity index (χ4n) is 2.41. The summed E-state index contributed by atoms with van der Waals surface area (Å²) in [6.45, 7) is 6.46. The summed E-state index contributed by atoms with van der Waals surface area (Å²) in [5.74, 6) is 0.797. The smallest absolute Gasteiger partial charge is 0.0634 e. The maximum absolute atomic E-state index is 5.75. The van der Waals surface area contributed by atoms with Crippen LogP contribution < -0.4 is 5.73 Å². The first kappa shape index (κ1) is 11.3. The van der Waals surface area contributed by atoms with Gasteiger partial charge in [-0.2, -0.15) is 0 Å². The first-order valence-corrected chi connectivity index (χ1v) is 5.99. The molecule has 2 fully saturated rings. The van der Waals surface area contributed by atoms with Gasteiger partial charge < -0.3 is 15.2 Å². The lowest BCUT2D eigenvalue weighted by molar-refractivity contribution is -0.0226. The van der Waals surface area contributed by atoms with Crippen LogP contribution in [0.15, 0.2) is 0 Å². The van der Waals surface area contributed by atoms with Gasteiger partial charge in [0.2, 0.25) is 0 Å². The highest BCUT2D eigenvalue weighted by Crippen LogP contribution is 2.18. The maximum Gasteiger partial charge on any atom is 0.0634 e. The summed E-state index contributed by atoms with van der Waals surface area (Å²) in [5, 5.41) is 0. The summed E-state index contributed by atoms with van der Waals surface area (Å²) >= 11 is 0. The van der Waals surface area contributed by atoms with Crippen LogP contribution in [0, 0.1) is 5.92 Å². The highest BCUT2D eigenvalue weighted by molar-refractivity contribution is 4.79. The Hall–Kier alpha value is -0.160. The number of rotatable bonds is 3. The molecule has 1 unspecified atom stereocenters. The van der Waals surface area contributed by atoms with Crippen LogP contribution in [0.25, 0.3) is 0 Å². The molecule has 2 rings (SSSR count). The highest BCUT2D eigenvalue weighted by atomic mass is 16.5. The van der Waals surface area contributed by atoms with Gasteiger partial charge in [0.15, 0.2) is 0 Å². The minimum Gasteiger partial charge on any atom is -0.381 e. The first-order valence-electron chi connectivity index (χ1n) is 5.99. The summed E-state index contributed by atoms with van der Waals surface area (Å²) in [5.41, 5.74) is 5.75. The van der Waals surface area contributed by atoms with E-state index < -0.39 is 0 Å². The van der Waals surface area contributed by atoms with Crippen molar-refractivity contribution in [3.05, 3.63) is 0 Å². The van der Waals surface area contributed by atoms with Crippen molar-refractivity contribution < 1.29 is 9.47 Å². The van der Waals surface area contributed by atoms with Gasteiger partial charge in [-0.05, 0) is 18.8 Å². The molecule has 2 saturated heterocycles. The van der Waals surface area contributed by atoms with Gasteiger partial charge in [0.1, 0.15) is 0 Å². The monoisotopic (exact) mass is 214 g/mol. The van der Waals surface area contributed by atoms with E-state index in [9.17, 15) is 0 Å². The molecule has 2 N–H and O–H groups in total. The SMILES string of the molecule is NCC1COCCN1CC1CCOCC1. The van der Waals surface area contributed by atoms with Crippen molar-refractivity contribution >= 4 is 0 Å². The molecule has 4 heteroatoms. The topological polar surface area (TPSA) is 47.7 Å². The third-order valence-corrected chi connectivity index (χ3v) is 3.46. The minimum atomic E-state index is 0.432. The molecule has 0 radical (unpaired) electrons. The average molecular weight is 214 g/mol. The number of nitrogens with zero attached hydrogens (tertiary/aromatic N) is 1. The standard InChI is InChI=1S/C11H22N2O2/c12-7-11-9-15-6-3-13(11)8-10-1-4-14-5-2-10/h10-11H,1-9,12H2. The Morgan fingerprint density at radius 1 is 1.13 bits per heavy atom. The third kappa shape index (κ3) is 3.14. The van der Waals surface area contributed by atoms with Crippen LogP contribution in [-0.4, -0.2) is 57.0 Å². The number of morpholine rings is 1. The van der Waals surface area contributed by atoms with Crippen LogP contribution >= 0.6 is 0 Å². The molecule has 88 valence electrons. The number of nitrogens with two attached hydrogens (primary N) is 1. The Balaban J connectivity index is 1.79. The minimum absolute atomic E-state index is 0.432. The zero-order chi connectivity index (χ0) is 10.5. The lowest BCUT2D eigenvalue weighted by Gasteiger charge is -2.37. The molecule has 0 saturated carbocycles. The molecule has 0 spiro atoms. The molecule has 15 heavy (non-hydrogen) atoms. The average Bonchev–Trinajstić information content (AvgIpc) is 2.31. The van der Waals surface area contributed by atoms with E-state index in [2.05, 4.69) is 4.90 Å². The van der Waals surface area contributed by atoms with E-state index in [1.54, 1.807) is 0 Å². The molecule has 4 nitrogen and oxygen atoms in total. The van der Waals surface area contributed by atoms with Gasteiger partial charge in [0, 0.05) is 38.9 Å². The number of hydrogen-bond acceptors (Lipinski definition) is 4. The van der Waals surface area contributed by atoms with E-state index in [1.165, 1.54) is 19.4 Å². The van der Waals surface area contributed by atoms with E-state index in [0.717, 1.165) is 38.9 Å². The fourth-order valence-corrected chi connectivity index (χ4v) is 2.41. The van der Waals surface area contributed by atoms with Crippen molar-refractivity contribution in [2.24, 2.45) is 11.7 Å². The van der Waals surface area contributed by atoms with Gasteiger partial charge in [-0.1, -0.05) is 0 Å². The zero-order valence-corrected chi connectivity index (χ0v) is 9.36. The predicted octanol–water partition coefficient (Wildman–Crippen LogP) is 0.0725. The van der Waals surface area contributed by atoms with Crippen LogP contribution in [0.3, 0.4) is 0 Å². The van der Waals surface area contributed by atoms with Crippen LogP contribution in [-0.2, 0) is 9.47 Å². The molecule has 2 aliphatic heterocycles. The molecule has 0 aromatic heterocycles. The third-order valence-electron chi connectivity index (χ3n) is 3.46. The molecule has 0 aromatic carbocycles. The Kier molecular flexibility index (Phi) is 4.38. The lowest BCUT2D eigenvalue weighted by Crippen LogP contribution is -2.51. The van der Waals surface area contributed by atoms with E-state index in [1.807, 2.05) is 0 Å².